The molecule has 142 valence electrons. The molecule has 0 radical (unpaired) electrons. The van der Waals surface area contributed by atoms with E-state index in [-0.39, 0.29) is 12.4 Å². The molecule has 1 aliphatic rings. The Hall–Kier alpha value is -2.82. The molecule has 0 atom stereocenters. The van der Waals surface area contributed by atoms with Gasteiger partial charge in [0.1, 0.15) is 17.2 Å². The summed E-state index contributed by atoms with van der Waals surface area (Å²) >= 11 is 0. The van der Waals surface area contributed by atoms with E-state index in [0.29, 0.717) is 23.7 Å². The van der Waals surface area contributed by atoms with Crippen LogP contribution >= 0.6 is 0 Å². The lowest BCUT2D eigenvalue weighted by atomic mass is 10.1. The predicted octanol–water partition coefficient (Wildman–Crippen LogP) is 4.72. The second-order valence-corrected chi connectivity index (χ2v) is 6.60. The molecule has 27 heavy (non-hydrogen) atoms. The van der Waals surface area contributed by atoms with Gasteiger partial charge in [-0.05, 0) is 48.9 Å². The van der Waals surface area contributed by atoms with Gasteiger partial charge in [0.15, 0.2) is 0 Å². The Morgan fingerprint density at radius 2 is 1.74 bits per heavy atom. The Morgan fingerprint density at radius 1 is 1.00 bits per heavy atom. The van der Waals surface area contributed by atoms with Crippen molar-refractivity contribution in [3.05, 3.63) is 53.6 Å². The Labute approximate surface area is 159 Å². The van der Waals surface area contributed by atoms with Crippen LogP contribution in [0.5, 0.6) is 17.2 Å². The molecule has 3 rings (SSSR count). The van der Waals surface area contributed by atoms with E-state index in [2.05, 4.69) is 6.92 Å². The van der Waals surface area contributed by atoms with E-state index in [1.165, 1.54) is 25.7 Å². The van der Waals surface area contributed by atoms with Crippen molar-refractivity contribution in [3.8, 4) is 17.2 Å². The molecule has 0 unspecified atom stereocenters. The van der Waals surface area contributed by atoms with Crippen LogP contribution in [-0.4, -0.2) is 18.5 Å². The number of benzene rings is 2. The van der Waals surface area contributed by atoms with Crippen LogP contribution in [-0.2, 0) is 11.2 Å². The Balaban J connectivity index is 1.49. The van der Waals surface area contributed by atoms with Gasteiger partial charge in [-0.1, -0.05) is 32.6 Å². The summed E-state index contributed by atoms with van der Waals surface area (Å²) in [5, 5.41) is 0. The van der Waals surface area contributed by atoms with E-state index in [0.717, 1.165) is 17.7 Å². The van der Waals surface area contributed by atoms with E-state index in [1.807, 2.05) is 0 Å². The zero-order valence-electron chi connectivity index (χ0n) is 15.5. The molecule has 0 fully saturated rings. The van der Waals surface area contributed by atoms with Crippen LogP contribution in [0.25, 0.3) is 0 Å². The number of ether oxygens (including phenoxy) is 3. The second kappa shape index (κ2) is 9.21. The number of carbonyl (C=O) groups excluding carboxylic acids is 2. The molecular formula is C22H24O5. The third-order valence-corrected chi connectivity index (χ3v) is 4.41. The second-order valence-electron chi connectivity index (χ2n) is 6.60. The Bertz CT molecular complexity index is 795. The van der Waals surface area contributed by atoms with E-state index >= 15 is 0 Å². The number of hydrogen-bond acceptors (Lipinski definition) is 5. The van der Waals surface area contributed by atoms with Crippen LogP contribution in [0.2, 0.25) is 0 Å². The quantitative estimate of drug-likeness (QED) is 0.364. The number of esters is 2. The van der Waals surface area contributed by atoms with Crippen molar-refractivity contribution >= 4 is 11.9 Å². The zero-order chi connectivity index (χ0) is 19.1. The van der Waals surface area contributed by atoms with Gasteiger partial charge in [-0.25, -0.2) is 4.79 Å². The van der Waals surface area contributed by atoms with Gasteiger partial charge in [0, 0.05) is 5.56 Å². The lowest BCUT2D eigenvalue weighted by Crippen LogP contribution is -2.08. The lowest BCUT2D eigenvalue weighted by Gasteiger charge is -2.08. The normalized spacial score (nSPS) is 12.4. The van der Waals surface area contributed by atoms with Crippen LogP contribution in [0, 0.1) is 0 Å². The Kier molecular flexibility index (Phi) is 6.47. The fourth-order valence-electron chi connectivity index (χ4n) is 2.92. The highest BCUT2D eigenvalue weighted by Gasteiger charge is 2.21. The van der Waals surface area contributed by atoms with Crippen LogP contribution in [0.3, 0.4) is 0 Å². The first kappa shape index (κ1) is 19.0. The first-order valence-corrected chi connectivity index (χ1v) is 9.44. The lowest BCUT2D eigenvalue weighted by molar-refractivity contribution is -0.131. The average Bonchev–Trinajstić information content (AvgIpc) is 3.04. The summed E-state index contributed by atoms with van der Waals surface area (Å²) in [6, 6.07) is 11.8. The molecule has 0 saturated carbocycles. The smallest absolute Gasteiger partial charge is 0.343 e. The summed E-state index contributed by atoms with van der Waals surface area (Å²) in [6.45, 7) is 2.88. The summed E-state index contributed by atoms with van der Waals surface area (Å²) in [7, 11) is 0. The minimum Gasteiger partial charge on any atom is -0.494 e. The Morgan fingerprint density at radius 3 is 2.52 bits per heavy atom. The minimum atomic E-state index is -0.452. The molecule has 0 saturated heterocycles. The van der Waals surface area contributed by atoms with Gasteiger partial charge in [-0.3, -0.25) is 4.79 Å². The zero-order valence-corrected chi connectivity index (χ0v) is 15.5. The van der Waals surface area contributed by atoms with Gasteiger partial charge >= 0.3 is 11.9 Å². The predicted molar refractivity (Wildman–Crippen MR) is 101 cm³/mol. The van der Waals surface area contributed by atoms with Crippen LogP contribution in [0.15, 0.2) is 42.5 Å². The van der Waals surface area contributed by atoms with E-state index in [9.17, 15) is 9.59 Å². The molecule has 0 amide bonds. The number of carbonyl (C=O) groups is 2. The molecule has 0 N–H and O–H groups in total. The third-order valence-electron chi connectivity index (χ3n) is 4.41. The first-order valence-electron chi connectivity index (χ1n) is 9.44. The highest BCUT2D eigenvalue weighted by atomic mass is 16.5. The highest BCUT2D eigenvalue weighted by Crippen LogP contribution is 2.30. The molecule has 1 heterocycles. The number of fused-ring (bicyclic) bond motifs is 1. The SMILES string of the molecule is CCCCCCCOc1ccc(C(=O)Oc2ccc3c(c2)CC(=O)O3)cc1. The van der Waals surface area contributed by atoms with Gasteiger partial charge in [-0.2, -0.15) is 0 Å². The summed E-state index contributed by atoms with van der Waals surface area (Å²) in [6.07, 6.45) is 6.16. The minimum absolute atomic E-state index is 0.200. The van der Waals surface area contributed by atoms with Crippen LogP contribution in [0.1, 0.15) is 54.9 Å². The fraction of sp³-hybridized carbons (Fsp3) is 0.364. The molecule has 0 bridgehead atoms. The van der Waals surface area contributed by atoms with E-state index < -0.39 is 5.97 Å². The van der Waals surface area contributed by atoms with Crippen molar-refractivity contribution < 1.29 is 23.8 Å². The van der Waals surface area contributed by atoms with Gasteiger partial charge in [0.25, 0.3) is 0 Å². The average molecular weight is 368 g/mol. The largest absolute Gasteiger partial charge is 0.494 e. The topological polar surface area (TPSA) is 61.8 Å². The highest BCUT2D eigenvalue weighted by molar-refractivity contribution is 5.91. The fourth-order valence-corrected chi connectivity index (χ4v) is 2.92. The molecular weight excluding hydrogens is 344 g/mol. The molecule has 2 aromatic rings. The number of rotatable bonds is 9. The molecule has 1 aliphatic heterocycles. The van der Waals surface area contributed by atoms with Gasteiger partial charge in [0.2, 0.25) is 0 Å². The van der Waals surface area contributed by atoms with Crippen molar-refractivity contribution in [1.29, 1.82) is 0 Å². The number of unbranched alkanes of at least 4 members (excludes halogenated alkanes) is 4. The molecule has 0 spiro atoms. The van der Waals surface area contributed by atoms with Crippen molar-refractivity contribution in [2.24, 2.45) is 0 Å². The van der Waals surface area contributed by atoms with Crippen LogP contribution in [0.4, 0.5) is 0 Å². The van der Waals surface area contributed by atoms with Crippen molar-refractivity contribution in [3.63, 3.8) is 0 Å². The summed E-state index contributed by atoms with van der Waals surface area (Å²) in [5.74, 6) is 0.913. The van der Waals surface area contributed by atoms with E-state index in [4.69, 9.17) is 14.2 Å². The number of hydrogen-bond donors (Lipinski definition) is 0. The van der Waals surface area contributed by atoms with E-state index in [1.54, 1.807) is 42.5 Å². The van der Waals surface area contributed by atoms with Gasteiger partial charge < -0.3 is 14.2 Å². The molecule has 0 aromatic heterocycles. The maximum Gasteiger partial charge on any atom is 0.343 e. The first-order chi connectivity index (χ1) is 13.2. The van der Waals surface area contributed by atoms with Crippen molar-refractivity contribution in [2.75, 3.05) is 6.61 Å². The maximum absolute atomic E-state index is 12.3. The van der Waals surface area contributed by atoms with Crippen molar-refractivity contribution in [2.45, 2.75) is 45.4 Å². The van der Waals surface area contributed by atoms with Gasteiger partial charge in [-0.15, -0.1) is 0 Å². The molecule has 5 nitrogen and oxygen atoms in total. The summed E-state index contributed by atoms with van der Waals surface area (Å²) in [5.41, 5.74) is 1.17. The summed E-state index contributed by atoms with van der Waals surface area (Å²) in [4.78, 5) is 23.6. The monoisotopic (exact) mass is 368 g/mol. The molecule has 5 heteroatoms. The standard InChI is InChI=1S/C22H24O5/c1-2-3-4-5-6-13-25-18-9-7-16(8-10-18)22(24)26-19-11-12-20-17(14-19)15-21(23)27-20/h7-12,14H,2-6,13,15H2,1H3. The van der Waals surface area contributed by atoms with Crippen LogP contribution < -0.4 is 14.2 Å². The molecule has 2 aromatic carbocycles. The maximum atomic E-state index is 12.3. The molecule has 0 aliphatic carbocycles. The van der Waals surface area contributed by atoms with Gasteiger partial charge in [0.05, 0.1) is 18.6 Å². The van der Waals surface area contributed by atoms with Crippen molar-refractivity contribution in [1.82, 2.24) is 0 Å². The third kappa shape index (κ3) is 5.33. The summed E-state index contributed by atoms with van der Waals surface area (Å²) < 4.78 is 16.1.